The SMILES string of the molecule is CCC(CC)N1CCN(Cc2cn3cccnc3n2)CC1. The zero-order valence-electron chi connectivity index (χ0n) is 13.1. The van der Waals surface area contributed by atoms with Crippen LogP contribution in [0.5, 0.6) is 0 Å². The molecule has 3 heterocycles. The highest BCUT2D eigenvalue weighted by atomic mass is 15.3. The Hall–Kier alpha value is -1.46. The van der Waals surface area contributed by atoms with Gasteiger partial charge in [0.2, 0.25) is 5.78 Å². The summed E-state index contributed by atoms with van der Waals surface area (Å²) < 4.78 is 2.00. The normalized spacial score (nSPS) is 17.9. The maximum atomic E-state index is 4.59. The Kier molecular flexibility index (Phi) is 4.51. The molecule has 0 bridgehead atoms. The molecule has 114 valence electrons. The molecule has 21 heavy (non-hydrogen) atoms. The minimum absolute atomic E-state index is 0.756. The van der Waals surface area contributed by atoms with Crippen LogP contribution in [0.15, 0.2) is 24.7 Å². The minimum atomic E-state index is 0.756. The van der Waals surface area contributed by atoms with Gasteiger partial charge in [0.15, 0.2) is 0 Å². The van der Waals surface area contributed by atoms with Gasteiger partial charge in [-0.25, -0.2) is 9.97 Å². The van der Waals surface area contributed by atoms with Crippen molar-refractivity contribution in [3.8, 4) is 0 Å². The van der Waals surface area contributed by atoms with E-state index in [1.165, 1.54) is 25.9 Å². The van der Waals surface area contributed by atoms with Gasteiger partial charge in [0.25, 0.3) is 0 Å². The van der Waals surface area contributed by atoms with Crippen LogP contribution in [0.25, 0.3) is 5.78 Å². The lowest BCUT2D eigenvalue weighted by Crippen LogP contribution is -2.49. The molecule has 1 saturated heterocycles. The molecule has 0 aliphatic carbocycles. The van der Waals surface area contributed by atoms with E-state index in [4.69, 9.17) is 0 Å². The van der Waals surface area contributed by atoms with E-state index in [1.54, 1.807) is 6.20 Å². The summed E-state index contributed by atoms with van der Waals surface area (Å²) in [5.74, 6) is 0.795. The first-order chi connectivity index (χ1) is 10.3. The Labute approximate surface area is 126 Å². The van der Waals surface area contributed by atoms with Crippen molar-refractivity contribution in [2.24, 2.45) is 0 Å². The van der Waals surface area contributed by atoms with Crippen LogP contribution in [-0.2, 0) is 6.54 Å². The Morgan fingerprint density at radius 2 is 1.90 bits per heavy atom. The average Bonchev–Trinajstić information content (AvgIpc) is 2.92. The molecule has 0 N–H and O–H groups in total. The molecule has 2 aromatic rings. The maximum absolute atomic E-state index is 4.59. The van der Waals surface area contributed by atoms with Crippen LogP contribution < -0.4 is 0 Å². The number of hydrogen-bond acceptors (Lipinski definition) is 4. The summed E-state index contributed by atoms with van der Waals surface area (Å²) in [5.41, 5.74) is 1.12. The average molecular weight is 287 g/mol. The smallest absolute Gasteiger partial charge is 0.233 e. The van der Waals surface area contributed by atoms with Gasteiger partial charge in [-0.1, -0.05) is 13.8 Å². The lowest BCUT2D eigenvalue weighted by Gasteiger charge is -2.38. The van der Waals surface area contributed by atoms with Gasteiger partial charge in [-0.3, -0.25) is 14.2 Å². The van der Waals surface area contributed by atoms with E-state index in [0.29, 0.717) is 0 Å². The Morgan fingerprint density at radius 1 is 1.14 bits per heavy atom. The van der Waals surface area contributed by atoms with E-state index >= 15 is 0 Å². The van der Waals surface area contributed by atoms with Gasteiger partial charge < -0.3 is 0 Å². The number of fused-ring (bicyclic) bond motifs is 1. The summed E-state index contributed by atoms with van der Waals surface area (Å²) >= 11 is 0. The first kappa shape index (κ1) is 14.5. The van der Waals surface area contributed by atoms with Crippen LogP contribution in [-0.4, -0.2) is 56.4 Å². The van der Waals surface area contributed by atoms with E-state index in [2.05, 4.69) is 39.8 Å². The highest BCUT2D eigenvalue weighted by Crippen LogP contribution is 2.14. The van der Waals surface area contributed by atoms with Gasteiger partial charge in [-0.2, -0.15) is 0 Å². The fourth-order valence-electron chi connectivity index (χ4n) is 3.28. The Bertz CT molecular complexity index is 534. The standard InChI is InChI=1S/C16H25N5/c1-3-15(4-2)20-10-8-19(9-11-20)12-14-13-21-7-5-6-17-16(21)18-14/h5-7,13,15H,3-4,8-12H2,1-2H3. The third-order valence-electron chi connectivity index (χ3n) is 4.54. The number of imidazole rings is 1. The second kappa shape index (κ2) is 6.54. The van der Waals surface area contributed by atoms with Gasteiger partial charge in [-0.15, -0.1) is 0 Å². The topological polar surface area (TPSA) is 36.7 Å². The van der Waals surface area contributed by atoms with Crippen molar-refractivity contribution in [3.05, 3.63) is 30.4 Å². The molecule has 5 nitrogen and oxygen atoms in total. The van der Waals surface area contributed by atoms with E-state index in [0.717, 1.165) is 37.1 Å². The van der Waals surface area contributed by atoms with E-state index in [9.17, 15) is 0 Å². The van der Waals surface area contributed by atoms with E-state index < -0.39 is 0 Å². The first-order valence-electron chi connectivity index (χ1n) is 8.05. The molecule has 0 saturated carbocycles. The van der Waals surface area contributed by atoms with Crippen molar-refractivity contribution in [1.82, 2.24) is 24.2 Å². The highest BCUT2D eigenvalue weighted by molar-refractivity contribution is 5.29. The number of hydrogen-bond donors (Lipinski definition) is 0. The van der Waals surface area contributed by atoms with Gasteiger partial charge in [-0.05, 0) is 18.9 Å². The summed E-state index contributed by atoms with van der Waals surface area (Å²) in [4.78, 5) is 14.0. The number of piperazine rings is 1. The van der Waals surface area contributed by atoms with Crippen LogP contribution in [0.2, 0.25) is 0 Å². The fraction of sp³-hybridized carbons (Fsp3) is 0.625. The van der Waals surface area contributed by atoms with Crippen LogP contribution >= 0.6 is 0 Å². The predicted molar refractivity (Wildman–Crippen MR) is 84.2 cm³/mol. The molecule has 0 atom stereocenters. The zero-order valence-corrected chi connectivity index (χ0v) is 13.1. The lowest BCUT2D eigenvalue weighted by molar-refractivity contribution is 0.0875. The molecule has 5 heteroatoms. The largest absolute Gasteiger partial charge is 0.298 e. The van der Waals surface area contributed by atoms with Gasteiger partial charge in [0, 0.05) is 57.4 Å². The molecule has 1 fully saturated rings. The molecule has 2 aromatic heterocycles. The van der Waals surface area contributed by atoms with E-state index in [-0.39, 0.29) is 0 Å². The zero-order chi connectivity index (χ0) is 14.7. The Morgan fingerprint density at radius 3 is 2.57 bits per heavy atom. The molecule has 0 radical (unpaired) electrons. The molecular formula is C16H25N5. The van der Waals surface area contributed by atoms with Gasteiger partial charge >= 0.3 is 0 Å². The number of nitrogens with zero attached hydrogens (tertiary/aromatic N) is 5. The van der Waals surface area contributed by atoms with Gasteiger partial charge in [0.1, 0.15) is 0 Å². The minimum Gasteiger partial charge on any atom is -0.298 e. The predicted octanol–water partition coefficient (Wildman–Crippen LogP) is 2.04. The third kappa shape index (κ3) is 3.24. The quantitative estimate of drug-likeness (QED) is 0.843. The second-order valence-corrected chi connectivity index (χ2v) is 5.84. The van der Waals surface area contributed by atoms with E-state index in [1.807, 2.05) is 16.7 Å². The summed E-state index contributed by atoms with van der Waals surface area (Å²) in [6, 6.07) is 2.69. The molecule has 3 rings (SSSR count). The van der Waals surface area contributed by atoms with Crippen molar-refractivity contribution < 1.29 is 0 Å². The first-order valence-corrected chi connectivity index (χ1v) is 8.05. The lowest BCUT2D eigenvalue weighted by atomic mass is 10.1. The van der Waals surface area contributed by atoms with Crippen molar-refractivity contribution in [2.75, 3.05) is 26.2 Å². The van der Waals surface area contributed by atoms with Gasteiger partial charge in [0.05, 0.1) is 5.69 Å². The second-order valence-electron chi connectivity index (χ2n) is 5.84. The molecule has 0 spiro atoms. The van der Waals surface area contributed by atoms with Crippen molar-refractivity contribution >= 4 is 5.78 Å². The van der Waals surface area contributed by atoms with Crippen LogP contribution in [0.3, 0.4) is 0 Å². The maximum Gasteiger partial charge on any atom is 0.233 e. The molecule has 0 aromatic carbocycles. The summed E-state index contributed by atoms with van der Waals surface area (Å²) in [6.45, 7) is 10.2. The summed E-state index contributed by atoms with van der Waals surface area (Å²) in [5, 5.41) is 0. The monoisotopic (exact) mass is 287 g/mol. The molecule has 0 amide bonds. The van der Waals surface area contributed by atoms with Crippen molar-refractivity contribution in [3.63, 3.8) is 0 Å². The third-order valence-corrected chi connectivity index (χ3v) is 4.54. The summed E-state index contributed by atoms with van der Waals surface area (Å²) in [7, 11) is 0. The molecule has 1 aliphatic rings. The van der Waals surface area contributed by atoms with Crippen LogP contribution in [0, 0.1) is 0 Å². The summed E-state index contributed by atoms with van der Waals surface area (Å²) in [6.07, 6.45) is 8.41. The molecule has 0 unspecified atom stereocenters. The highest BCUT2D eigenvalue weighted by Gasteiger charge is 2.22. The molecular weight excluding hydrogens is 262 g/mol. The number of rotatable bonds is 5. The molecule has 1 aliphatic heterocycles. The van der Waals surface area contributed by atoms with Crippen molar-refractivity contribution in [1.29, 1.82) is 0 Å². The van der Waals surface area contributed by atoms with Crippen LogP contribution in [0.1, 0.15) is 32.4 Å². The van der Waals surface area contributed by atoms with Crippen LogP contribution in [0.4, 0.5) is 0 Å². The Balaban J connectivity index is 1.57. The van der Waals surface area contributed by atoms with Crippen molar-refractivity contribution in [2.45, 2.75) is 39.3 Å². The fourth-order valence-corrected chi connectivity index (χ4v) is 3.28. The number of aromatic nitrogens is 3.